The van der Waals surface area contributed by atoms with Crippen LogP contribution in [0.1, 0.15) is 0 Å². The number of aromatic amines is 1. The normalized spacial score (nSPS) is 11.7. The average molecular weight is 355 g/mol. The molecule has 0 radical (unpaired) electrons. The predicted octanol–water partition coefficient (Wildman–Crippen LogP) is 2.89. The molecule has 2 aromatic heterocycles. The van der Waals surface area contributed by atoms with Crippen molar-refractivity contribution in [2.75, 3.05) is 7.11 Å². The largest absolute Gasteiger partial charge is 0.497 e. The molecule has 0 unspecified atom stereocenters. The number of hydrogen-bond donors (Lipinski definition) is 1. The summed E-state index contributed by atoms with van der Waals surface area (Å²) in [5.41, 5.74) is 0.990. The highest BCUT2D eigenvalue weighted by Crippen LogP contribution is 2.30. The maximum absolute atomic E-state index is 12.8. The zero-order chi connectivity index (χ0) is 17.4. The van der Waals surface area contributed by atoms with E-state index in [-0.39, 0.29) is 10.8 Å². The lowest BCUT2D eigenvalue weighted by atomic mass is 10.2. The molecule has 8 heteroatoms. The summed E-state index contributed by atoms with van der Waals surface area (Å²) in [7, 11) is -2.58. The lowest BCUT2D eigenvalue weighted by molar-refractivity contribution is 0.415. The van der Waals surface area contributed by atoms with Crippen LogP contribution in [0.15, 0.2) is 59.6 Å². The molecule has 0 aliphatic carbocycles. The molecule has 0 saturated heterocycles. The lowest BCUT2D eigenvalue weighted by Gasteiger charge is -2.07. The smallest absolute Gasteiger partial charge is 0.342 e. The summed E-state index contributed by atoms with van der Waals surface area (Å²) < 4.78 is 36.0. The molecule has 4 rings (SSSR count). The molecule has 7 nitrogen and oxygen atoms in total. The molecule has 2 aromatic carbocycles. The van der Waals surface area contributed by atoms with Gasteiger partial charge in [-0.15, -0.1) is 5.10 Å². The molecule has 126 valence electrons. The number of pyridine rings is 1. The van der Waals surface area contributed by atoms with E-state index in [1.807, 2.05) is 0 Å². The van der Waals surface area contributed by atoms with Crippen LogP contribution in [-0.4, -0.2) is 30.7 Å². The molecule has 2 heterocycles. The number of methoxy groups -OCH3 is 1. The maximum atomic E-state index is 12.8. The van der Waals surface area contributed by atoms with Crippen molar-refractivity contribution < 1.29 is 17.3 Å². The summed E-state index contributed by atoms with van der Waals surface area (Å²) in [6.45, 7) is 0. The highest BCUT2D eigenvalue weighted by Gasteiger charge is 2.23. The van der Waals surface area contributed by atoms with Crippen LogP contribution in [0.25, 0.3) is 21.8 Å². The van der Waals surface area contributed by atoms with Gasteiger partial charge < -0.3 is 8.92 Å². The van der Waals surface area contributed by atoms with Gasteiger partial charge in [0.05, 0.1) is 23.5 Å². The van der Waals surface area contributed by atoms with Crippen molar-refractivity contribution in [3.8, 4) is 11.6 Å². The maximum Gasteiger partial charge on any atom is 0.342 e. The van der Waals surface area contributed by atoms with E-state index in [0.29, 0.717) is 27.6 Å². The van der Waals surface area contributed by atoms with Gasteiger partial charge in [0.2, 0.25) is 0 Å². The van der Waals surface area contributed by atoms with E-state index in [0.717, 1.165) is 0 Å². The molecule has 0 saturated carbocycles. The second-order valence-corrected chi connectivity index (χ2v) is 6.82. The Hall–Kier alpha value is -3.13. The number of nitrogens with zero attached hydrogens (tertiary/aromatic N) is 2. The van der Waals surface area contributed by atoms with E-state index < -0.39 is 10.1 Å². The molecule has 0 bridgehead atoms. The summed E-state index contributed by atoms with van der Waals surface area (Å²) in [4.78, 5) is 4.15. The summed E-state index contributed by atoms with van der Waals surface area (Å²) in [5.74, 6) is 0.532. The SMILES string of the molecule is COc1ccc2[nH]nc(OS(=O)(=O)c3cccc4cccnc34)c2c1. The molecule has 4 aromatic rings. The first-order chi connectivity index (χ1) is 12.1. The molecule has 0 spiro atoms. The van der Waals surface area contributed by atoms with Gasteiger partial charge in [-0.1, -0.05) is 18.2 Å². The average Bonchev–Trinajstić information content (AvgIpc) is 3.02. The Morgan fingerprint density at radius 1 is 1.08 bits per heavy atom. The molecule has 25 heavy (non-hydrogen) atoms. The van der Waals surface area contributed by atoms with Crippen LogP contribution >= 0.6 is 0 Å². The van der Waals surface area contributed by atoms with E-state index in [1.165, 1.54) is 19.4 Å². The number of para-hydroxylation sites is 1. The first-order valence-electron chi connectivity index (χ1n) is 7.39. The Bertz CT molecular complexity index is 1180. The monoisotopic (exact) mass is 355 g/mol. The number of fused-ring (bicyclic) bond motifs is 2. The molecular formula is C17H13N3O4S. The van der Waals surface area contributed by atoms with E-state index in [1.54, 1.807) is 42.5 Å². The topological polar surface area (TPSA) is 94.2 Å². The van der Waals surface area contributed by atoms with Crippen molar-refractivity contribution in [3.05, 3.63) is 54.7 Å². The quantitative estimate of drug-likeness (QED) is 0.566. The Morgan fingerprint density at radius 2 is 1.92 bits per heavy atom. The van der Waals surface area contributed by atoms with Crippen molar-refractivity contribution in [2.24, 2.45) is 0 Å². The molecule has 0 aliphatic heterocycles. The molecule has 0 atom stereocenters. The van der Waals surface area contributed by atoms with Crippen LogP contribution in [0.2, 0.25) is 0 Å². The van der Waals surface area contributed by atoms with Gasteiger partial charge in [0.15, 0.2) is 0 Å². The van der Waals surface area contributed by atoms with E-state index in [2.05, 4.69) is 15.2 Å². The predicted molar refractivity (Wildman–Crippen MR) is 92.2 cm³/mol. The van der Waals surface area contributed by atoms with Gasteiger partial charge in [-0.2, -0.15) is 8.42 Å². The van der Waals surface area contributed by atoms with Gasteiger partial charge in [-0.25, -0.2) is 0 Å². The second kappa shape index (κ2) is 5.75. The van der Waals surface area contributed by atoms with Gasteiger partial charge in [0.25, 0.3) is 5.88 Å². The van der Waals surface area contributed by atoms with E-state index in [4.69, 9.17) is 8.92 Å². The van der Waals surface area contributed by atoms with Crippen molar-refractivity contribution in [1.29, 1.82) is 0 Å². The standard InChI is InChI=1S/C17H13N3O4S/c1-23-12-7-8-14-13(10-12)17(20-19-14)24-25(21,22)15-6-2-4-11-5-3-9-18-16(11)15/h2-10H,1H3,(H,19,20). The Balaban J connectivity index is 1.82. The fourth-order valence-corrected chi connectivity index (χ4v) is 3.66. The first kappa shape index (κ1) is 15.4. The van der Waals surface area contributed by atoms with Crippen LogP contribution in [0, 0.1) is 0 Å². The molecular weight excluding hydrogens is 342 g/mol. The van der Waals surface area contributed by atoms with Crippen LogP contribution in [0.5, 0.6) is 11.6 Å². The van der Waals surface area contributed by atoms with Crippen LogP contribution in [-0.2, 0) is 10.1 Å². The van der Waals surface area contributed by atoms with Crippen molar-refractivity contribution >= 4 is 31.9 Å². The molecule has 1 N–H and O–H groups in total. The van der Waals surface area contributed by atoms with Gasteiger partial charge in [-0.05, 0) is 30.3 Å². The number of rotatable bonds is 4. The van der Waals surface area contributed by atoms with Crippen LogP contribution in [0.3, 0.4) is 0 Å². The van der Waals surface area contributed by atoms with E-state index >= 15 is 0 Å². The summed E-state index contributed by atoms with van der Waals surface area (Å²) >= 11 is 0. The minimum atomic E-state index is -4.11. The molecule has 0 aliphatic rings. The third-order valence-electron chi connectivity index (χ3n) is 3.79. The minimum absolute atomic E-state index is 0.00959. The van der Waals surface area contributed by atoms with Crippen molar-refractivity contribution in [3.63, 3.8) is 0 Å². The summed E-state index contributed by atoms with van der Waals surface area (Å²) in [5, 5.41) is 7.92. The Morgan fingerprint density at radius 3 is 2.76 bits per heavy atom. The van der Waals surface area contributed by atoms with Crippen LogP contribution in [0.4, 0.5) is 0 Å². The van der Waals surface area contributed by atoms with Gasteiger partial charge in [0, 0.05) is 11.6 Å². The first-order valence-corrected chi connectivity index (χ1v) is 8.80. The van der Waals surface area contributed by atoms with Crippen molar-refractivity contribution in [1.82, 2.24) is 15.2 Å². The Kier molecular flexibility index (Phi) is 3.54. The highest BCUT2D eigenvalue weighted by atomic mass is 32.2. The Labute approximate surface area is 143 Å². The third-order valence-corrected chi connectivity index (χ3v) is 5.03. The number of aromatic nitrogens is 3. The third kappa shape index (κ3) is 2.66. The number of H-pyrrole nitrogens is 1. The molecule has 0 amide bonds. The zero-order valence-corrected chi connectivity index (χ0v) is 13.9. The second-order valence-electron chi connectivity index (χ2n) is 5.31. The van der Waals surface area contributed by atoms with Gasteiger partial charge >= 0.3 is 10.1 Å². The summed E-state index contributed by atoms with van der Waals surface area (Å²) in [6, 6.07) is 13.6. The van der Waals surface area contributed by atoms with E-state index in [9.17, 15) is 8.42 Å². The highest BCUT2D eigenvalue weighted by molar-refractivity contribution is 7.87. The number of hydrogen-bond acceptors (Lipinski definition) is 6. The molecule has 0 fully saturated rings. The number of ether oxygens (including phenoxy) is 1. The van der Waals surface area contributed by atoms with Crippen molar-refractivity contribution in [2.45, 2.75) is 4.90 Å². The lowest BCUT2D eigenvalue weighted by Crippen LogP contribution is -2.11. The van der Waals surface area contributed by atoms with Crippen LogP contribution < -0.4 is 8.92 Å². The van der Waals surface area contributed by atoms with Gasteiger partial charge in [0.1, 0.15) is 10.6 Å². The zero-order valence-electron chi connectivity index (χ0n) is 13.1. The fourth-order valence-electron chi connectivity index (χ4n) is 2.59. The van der Waals surface area contributed by atoms with Gasteiger partial charge in [-0.3, -0.25) is 10.1 Å². The number of nitrogens with one attached hydrogen (secondary N) is 1. The fraction of sp³-hybridized carbons (Fsp3) is 0.0588. The number of benzene rings is 2. The summed E-state index contributed by atoms with van der Waals surface area (Å²) in [6.07, 6.45) is 1.54. The minimum Gasteiger partial charge on any atom is -0.497 e.